The second-order valence-electron chi connectivity index (χ2n) is 7.00. The first kappa shape index (κ1) is 24.0. The maximum absolute atomic E-state index is 12.2. The lowest BCUT2D eigenvalue weighted by molar-refractivity contribution is 0.100. The zero-order valence-electron chi connectivity index (χ0n) is 18.3. The smallest absolute Gasteiger partial charge is 0.301 e. The van der Waals surface area contributed by atoms with Gasteiger partial charge in [0.2, 0.25) is 5.88 Å². The zero-order valence-corrected chi connectivity index (χ0v) is 19.1. The third-order valence-corrected chi connectivity index (χ3v) is 5.90. The Morgan fingerprint density at radius 2 is 1.88 bits per heavy atom. The highest BCUT2D eigenvalue weighted by Crippen LogP contribution is 2.30. The number of nitrogens with zero attached hydrogens (tertiary/aromatic N) is 3. The first-order valence-electron chi connectivity index (χ1n) is 9.75. The van der Waals surface area contributed by atoms with Crippen LogP contribution < -0.4 is 20.5 Å². The van der Waals surface area contributed by atoms with Gasteiger partial charge in [0.1, 0.15) is 12.2 Å². The normalized spacial score (nSPS) is 11.4. The third-order valence-electron chi connectivity index (χ3n) is 4.45. The molecule has 0 aliphatic heterocycles. The quantitative estimate of drug-likeness (QED) is 0.303. The highest BCUT2D eigenvalue weighted by atomic mass is 32.2. The number of hydrogen-bond acceptors (Lipinski definition) is 8. The van der Waals surface area contributed by atoms with E-state index in [1.54, 1.807) is 49.7 Å². The van der Waals surface area contributed by atoms with E-state index in [1.165, 1.54) is 14.1 Å². The Morgan fingerprint density at radius 3 is 2.52 bits per heavy atom. The van der Waals surface area contributed by atoms with Crippen LogP contribution in [0.1, 0.15) is 10.4 Å². The van der Waals surface area contributed by atoms with Gasteiger partial charge in [-0.25, -0.2) is 4.98 Å². The number of carbonyl (C=O) groups excluding carboxylic acids is 1. The van der Waals surface area contributed by atoms with Gasteiger partial charge in [0.15, 0.2) is 5.82 Å². The molecule has 0 aliphatic rings. The Balaban J connectivity index is 1.83. The minimum atomic E-state index is -3.64. The monoisotopic (exact) mass is 475 g/mol. The fourth-order valence-electron chi connectivity index (χ4n) is 2.76. The number of H-pyrrole nitrogens is 1. The number of aromatic amines is 1. The number of rotatable bonds is 11. The molecule has 1 amide bonds. The minimum absolute atomic E-state index is 0.148. The van der Waals surface area contributed by atoms with Gasteiger partial charge in [-0.05, 0) is 18.2 Å². The van der Waals surface area contributed by atoms with Gasteiger partial charge in [0, 0.05) is 50.4 Å². The number of aromatic nitrogens is 3. The number of anilines is 3. The standard InChI is InChI=1S/C20H25N7O5S/c1-27(2)33(29,30)26-14-6-4-13(5-7-14)18-17(19(21)28)20(25-24-18)23-15-8-9-22-16(12-15)32-11-10-31-3/h4-9,12,26H,10-11H2,1-3H3,(H2,21,28)(H2,22,23,24,25). The fourth-order valence-corrected chi connectivity index (χ4v) is 3.38. The average molecular weight is 476 g/mol. The summed E-state index contributed by atoms with van der Waals surface area (Å²) in [5.41, 5.74) is 7.70. The number of benzene rings is 1. The van der Waals surface area contributed by atoms with E-state index in [4.69, 9.17) is 15.2 Å². The molecule has 0 fully saturated rings. The molecular formula is C20H25N7O5S. The lowest BCUT2D eigenvalue weighted by atomic mass is 10.1. The molecule has 0 saturated heterocycles. The molecule has 2 heterocycles. The van der Waals surface area contributed by atoms with E-state index in [9.17, 15) is 13.2 Å². The molecule has 3 aromatic rings. The number of hydrogen-bond donors (Lipinski definition) is 4. The molecule has 0 unspecified atom stereocenters. The van der Waals surface area contributed by atoms with E-state index in [0.29, 0.717) is 41.7 Å². The van der Waals surface area contributed by atoms with E-state index >= 15 is 0 Å². The topological polar surface area (TPSA) is 165 Å². The molecule has 0 aliphatic carbocycles. The highest BCUT2D eigenvalue weighted by Gasteiger charge is 2.20. The van der Waals surface area contributed by atoms with Crippen molar-refractivity contribution in [3.63, 3.8) is 0 Å². The first-order valence-corrected chi connectivity index (χ1v) is 11.2. The summed E-state index contributed by atoms with van der Waals surface area (Å²) >= 11 is 0. The van der Waals surface area contributed by atoms with Gasteiger partial charge in [0.25, 0.3) is 5.91 Å². The van der Waals surface area contributed by atoms with Crippen LogP contribution in [0.4, 0.5) is 17.2 Å². The van der Waals surface area contributed by atoms with Crippen LogP contribution in [0.25, 0.3) is 11.3 Å². The van der Waals surface area contributed by atoms with Crippen LogP contribution in [0.15, 0.2) is 42.6 Å². The summed E-state index contributed by atoms with van der Waals surface area (Å²) < 4.78 is 37.9. The first-order chi connectivity index (χ1) is 15.7. The Labute approximate surface area is 191 Å². The minimum Gasteiger partial charge on any atom is -0.475 e. The number of methoxy groups -OCH3 is 1. The summed E-state index contributed by atoms with van der Waals surface area (Å²) in [5, 5.41) is 10.0. The van der Waals surface area contributed by atoms with Crippen LogP contribution in [-0.4, -0.2) is 68.2 Å². The van der Waals surface area contributed by atoms with Gasteiger partial charge >= 0.3 is 10.2 Å². The van der Waals surface area contributed by atoms with Crippen molar-refractivity contribution in [3.05, 3.63) is 48.2 Å². The largest absolute Gasteiger partial charge is 0.475 e. The molecule has 33 heavy (non-hydrogen) atoms. The van der Waals surface area contributed by atoms with Crippen molar-refractivity contribution in [1.29, 1.82) is 0 Å². The number of amides is 1. The van der Waals surface area contributed by atoms with Gasteiger partial charge < -0.3 is 20.5 Å². The molecule has 3 rings (SSSR count). The summed E-state index contributed by atoms with van der Waals surface area (Å²) in [6.45, 7) is 0.760. The predicted molar refractivity (Wildman–Crippen MR) is 124 cm³/mol. The van der Waals surface area contributed by atoms with E-state index in [2.05, 4.69) is 25.2 Å². The van der Waals surface area contributed by atoms with E-state index in [1.807, 2.05) is 0 Å². The predicted octanol–water partition coefficient (Wildman–Crippen LogP) is 1.56. The van der Waals surface area contributed by atoms with Gasteiger partial charge in [-0.2, -0.15) is 17.8 Å². The summed E-state index contributed by atoms with van der Waals surface area (Å²) in [5.74, 6) is -0.0858. The molecule has 0 atom stereocenters. The van der Waals surface area contributed by atoms with E-state index < -0.39 is 16.1 Å². The van der Waals surface area contributed by atoms with Gasteiger partial charge in [-0.1, -0.05) is 12.1 Å². The molecule has 12 nitrogen and oxygen atoms in total. The molecule has 0 saturated carbocycles. The number of carbonyl (C=O) groups is 1. The number of pyridine rings is 1. The van der Waals surface area contributed by atoms with Crippen molar-refractivity contribution < 1.29 is 22.7 Å². The lowest BCUT2D eigenvalue weighted by Gasteiger charge is -2.13. The van der Waals surface area contributed by atoms with Crippen molar-refractivity contribution in [1.82, 2.24) is 19.5 Å². The Hall–Kier alpha value is -3.68. The molecule has 0 spiro atoms. The van der Waals surface area contributed by atoms with Gasteiger partial charge in [0.05, 0.1) is 12.3 Å². The van der Waals surface area contributed by atoms with Crippen LogP contribution in [0.5, 0.6) is 5.88 Å². The van der Waals surface area contributed by atoms with Crippen LogP contribution >= 0.6 is 0 Å². The molecule has 0 radical (unpaired) electrons. The van der Waals surface area contributed by atoms with E-state index in [-0.39, 0.29) is 11.4 Å². The summed E-state index contributed by atoms with van der Waals surface area (Å²) in [6.07, 6.45) is 1.55. The van der Waals surface area contributed by atoms with Crippen molar-refractivity contribution in [2.75, 3.05) is 44.5 Å². The third kappa shape index (κ3) is 5.97. The van der Waals surface area contributed by atoms with Gasteiger partial charge in [-0.3, -0.25) is 14.6 Å². The highest BCUT2D eigenvalue weighted by molar-refractivity contribution is 7.90. The van der Waals surface area contributed by atoms with Crippen LogP contribution in [0, 0.1) is 0 Å². The van der Waals surface area contributed by atoms with Crippen LogP contribution in [0.3, 0.4) is 0 Å². The van der Waals surface area contributed by atoms with Crippen LogP contribution in [-0.2, 0) is 14.9 Å². The zero-order chi connectivity index (χ0) is 24.0. The summed E-state index contributed by atoms with van der Waals surface area (Å²) in [7, 11) is 0.785. The Kier molecular flexibility index (Phi) is 7.48. The van der Waals surface area contributed by atoms with Crippen molar-refractivity contribution in [3.8, 4) is 17.1 Å². The molecule has 13 heteroatoms. The number of nitrogens with one attached hydrogen (secondary N) is 3. The van der Waals surface area contributed by atoms with E-state index in [0.717, 1.165) is 4.31 Å². The second-order valence-corrected chi connectivity index (χ2v) is 8.89. The lowest BCUT2D eigenvalue weighted by Crippen LogP contribution is -2.28. The summed E-state index contributed by atoms with van der Waals surface area (Å²) in [6, 6.07) is 9.77. The van der Waals surface area contributed by atoms with Crippen molar-refractivity contribution in [2.24, 2.45) is 5.73 Å². The molecule has 176 valence electrons. The number of nitrogens with two attached hydrogens (primary N) is 1. The Morgan fingerprint density at radius 1 is 1.15 bits per heavy atom. The maximum atomic E-state index is 12.2. The second kappa shape index (κ2) is 10.3. The molecule has 5 N–H and O–H groups in total. The Bertz CT molecular complexity index is 1210. The van der Waals surface area contributed by atoms with Crippen molar-refractivity contribution >= 4 is 33.3 Å². The number of primary amides is 1. The fraction of sp³-hybridized carbons (Fsp3) is 0.250. The average Bonchev–Trinajstić information content (AvgIpc) is 3.18. The van der Waals surface area contributed by atoms with Gasteiger partial charge in [-0.15, -0.1) is 0 Å². The molecule has 0 bridgehead atoms. The molecular weight excluding hydrogens is 450 g/mol. The number of ether oxygens (including phenoxy) is 2. The molecule has 1 aromatic carbocycles. The molecule has 2 aromatic heterocycles. The SMILES string of the molecule is COCCOc1cc(Nc2n[nH]c(-c3ccc(NS(=O)(=O)N(C)C)cc3)c2C(N)=O)ccn1. The maximum Gasteiger partial charge on any atom is 0.301 e. The van der Waals surface area contributed by atoms with Crippen LogP contribution in [0.2, 0.25) is 0 Å². The van der Waals surface area contributed by atoms with Crippen molar-refractivity contribution in [2.45, 2.75) is 0 Å². The summed E-state index contributed by atoms with van der Waals surface area (Å²) in [4.78, 5) is 16.3.